The SMILES string of the molecule is CN(c1ccccc1)S(=O)(=O)C1CNC(=O)NC1=O. The zero-order chi connectivity index (χ0) is 14.0. The third kappa shape index (κ3) is 2.53. The first-order chi connectivity index (χ1) is 8.93. The minimum absolute atomic E-state index is 0.232. The van der Waals surface area contributed by atoms with Crippen LogP contribution in [0.3, 0.4) is 0 Å². The van der Waals surface area contributed by atoms with Crippen LogP contribution in [-0.2, 0) is 14.8 Å². The molecule has 0 saturated carbocycles. The Balaban J connectivity index is 2.28. The van der Waals surface area contributed by atoms with Crippen molar-refractivity contribution in [1.82, 2.24) is 10.6 Å². The summed E-state index contributed by atoms with van der Waals surface area (Å²) in [6.07, 6.45) is 0. The van der Waals surface area contributed by atoms with Crippen molar-refractivity contribution in [2.75, 3.05) is 17.9 Å². The number of amides is 3. The molecule has 2 N–H and O–H groups in total. The van der Waals surface area contributed by atoms with Crippen LogP contribution in [0.2, 0.25) is 0 Å². The summed E-state index contributed by atoms with van der Waals surface area (Å²) in [5.74, 6) is -0.813. The molecule has 1 fully saturated rings. The third-order valence-corrected chi connectivity index (χ3v) is 4.91. The Hall–Kier alpha value is -2.09. The Labute approximate surface area is 110 Å². The summed E-state index contributed by atoms with van der Waals surface area (Å²) < 4.78 is 25.7. The van der Waals surface area contributed by atoms with Gasteiger partial charge in [0.15, 0.2) is 5.25 Å². The number of rotatable bonds is 3. The third-order valence-electron chi connectivity index (χ3n) is 2.84. The smallest absolute Gasteiger partial charge is 0.321 e. The van der Waals surface area contributed by atoms with Crippen LogP contribution in [0.5, 0.6) is 0 Å². The molecule has 0 aliphatic carbocycles. The zero-order valence-electron chi connectivity index (χ0n) is 10.2. The minimum Gasteiger partial charge on any atom is -0.336 e. The predicted molar refractivity (Wildman–Crippen MR) is 69.1 cm³/mol. The molecule has 1 aromatic rings. The van der Waals surface area contributed by atoms with Gasteiger partial charge in [-0.2, -0.15) is 0 Å². The van der Waals surface area contributed by atoms with Crippen LogP contribution in [0.15, 0.2) is 30.3 Å². The number of anilines is 1. The fourth-order valence-corrected chi connectivity index (χ4v) is 3.15. The molecule has 1 aliphatic rings. The van der Waals surface area contributed by atoms with Crippen molar-refractivity contribution < 1.29 is 18.0 Å². The molecule has 1 atom stereocenters. The van der Waals surface area contributed by atoms with E-state index < -0.39 is 27.2 Å². The number of para-hydroxylation sites is 1. The molecular formula is C11H13N3O4S. The van der Waals surface area contributed by atoms with Crippen LogP contribution >= 0.6 is 0 Å². The van der Waals surface area contributed by atoms with Gasteiger partial charge in [-0.25, -0.2) is 13.2 Å². The molecule has 2 rings (SSSR count). The van der Waals surface area contributed by atoms with Gasteiger partial charge in [0.05, 0.1) is 5.69 Å². The van der Waals surface area contributed by atoms with E-state index in [1.165, 1.54) is 7.05 Å². The van der Waals surface area contributed by atoms with Crippen LogP contribution in [0.1, 0.15) is 0 Å². The van der Waals surface area contributed by atoms with Crippen LogP contribution in [0, 0.1) is 0 Å². The van der Waals surface area contributed by atoms with E-state index in [9.17, 15) is 18.0 Å². The number of nitrogens with one attached hydrogen (secondary N) is 2. The molecule has 1 saturated heterocycles. The Morgan fingerprint density at radius 3 is 2.42 bits per heavy atom. The van der Waals surface area contributed by atoms with E-state index in [0.717, 1.165) is 4.31 Å². The van der Waals surface area contributed by atoms with Crippen molar-refractivity contribution in [2.45, 2.75) is 5.25 Å². The summed E-state index contributed by atoms with van der Waals surface area (Å²) in [6.45, 7) is -0.232. The van der Waals surface area contributed by atoms with Gasteiger partial charge in [-0.05, 0) is 12.1 Å². The number of hydrogen-bond donors (Lipinski definition) is 2. The summed E-state index contributed by atoms with van der Waals surface area (Å²) in [4.78, 5) is 22.5. The maximum atomic E-state index is 12.3. The fraction of sp³-hybridized carbons (Fsp3) is 0.273. The van der Waals surface area contributed by atoms with Crippen molar-refractivity contribution in [3.05, 3.63) is 30.3 Å². The minimum atomic E-state index is -3.88. The highest BCUT2D eigenvalue weighted by Gasteiger charge is 2.39. The standard InChI is InChI=1S/C11H13N3O4S/c1-14(8-5-3-2-4-6-8)19(17,18)9-7-12-11(16)13-10(9)15/h2-6,9H,7H2,1H3,(H2,12,13,15,16). The Morgan fingerprint density at radius 2 is 1.84 bits per heavy atom. The van der Waals surface area contributed by atoms with Gasteiger partial charge in [0, 0.05) is 13.6 Å². The van der Waals surface area contributed by atoms with E-state index in [1.807, 2.05) is 5.32 Å². The molecule has 1 unspecified atom stereocenters. The average molecular weight is 283 g/mol. The molecule has 1 heterocycles. The molecule has 8 heteroatoms. The molecule has 3 amide bonds. The maximum Gasteiger partial charge on any atom is 0.321 e. The molecule has 7 nitrogen and oxygen atoms in total. The first-order valence-corrected chi connectivity index (χ1v) is 7.05. The van der Waals surface area contributed by atoms with Gasteiger partial charge in [-0.3, -0.25) is 14.4 Å². The molecule has 0 bridgehead atoms. The topological polar surface area (TPSA) is 95.6 Å². The van der Waals surface area contributed by atoms with E-state index in [0.29, 0.717) is 5.69 Å². The number of carbonyl (C=O) groups is 2. The molecule has 0 aromatic heterocycles. The summed E-state index contributed by atoms with van der Waals surface area (Å²) in [5, 5.41) is 2.92. The van der Waals surface area contributed by atoms with E-state index in [-0.39, 0.29) is 6.54 Å². The van der Waals surface area contributed by atoms with Gasteiger partial charge < -0.3 is 5.32 Å². The number of sulfonamides is 1. The van der Waals surface area contributed by atoms with E-state index in [2.05, 4.69) is 5.32 Å². The van der Waals surface area contributed by atoms with Crippen molar-refractivity contribution >= 4 is 27.6 Å². The zero-order valence-corrected chi connectivity index (χ0v) is 11.0. The predicted octanol–water partition coefficient (Wildman–Crippen LogP) is -0.339. The summed E-state index contributed by atoms with van der Waals surface area (Å²) >= 11 is 0. The number of nitrogens with zero attached hydrogens (tertiary/aromatic N) is 1. The first kappa shape index (κ1) is 13.3. The maximum absolute atomic E-state index is 12.3. The van der Waals surface area contributed by atoms with Gasteiger partial charge in [0.25, 0.3) is 0 Å². The summed E-state index contributed by atoms with van der Waals surface area (Å²) in [6, 6.07) is 7.72. The highest BCUT2D eigenvalue weighted by molar-refractivity contribution is 7.94. The summed E-state index contributed by atoms with van der Waals surface area (Å²) in [5.41, 5.74) is 0.451. The molecule has 19 heavy (non-hydrogen) atoms. The lowest BCUT2D eigenvalue weighted by Gasteiger charge is -2.27. The van der Waals surface area contributed by atoms with Crippen molar-refractivity contribution in [3.8, 4) is 0 Å². The van der Waals surface area contributed by atoms with Crippen LogP contribution in [-0.4, -0.2) is 39.2 Å². The van der Waals surface area contributed by atoms with Gasteiger partial charge in [0.2, 0.25) is 15.9 Å². The second-order valence-corrected chi connectivity index (χ2v) is 6.18. The monoisotopic (exact) mass is 283 g/mol. The highest BCUT2D eigenvalue weighted by Crippen LogP contribution is 2.19. The van der Waals surface area contributed by atoms with Crippen molar-refractivity contribution in [2.24, 2.45) is 0 Å². The molecule has 0 radical (unpaired) electrons. The number of hydrogen-bond acceptors (Lipinski definition) is 4. The average Bonchev–Trinajstić information content (AvgIpc) is 2.38. The number of carbonyl (C=O) groups excluding carboxylic acids is 2. The molecule has 1 aromatic carbocycles. The summed E-state index contributed by atoms with van der Waals surface area (Å²) in [7, 11) is -2.51. The largest absolute Gasteiger partial charge is 0.336 e. The van der Waals surface area contributed by atoms with Gasteiger partial charge in [-0.1, -0.05) is 18.2 Å². The Kier molecular flexibility index (Phi) is 3.43. The molecule has 1 aliphatic heterocycles. The first-order valence-electron chi connectivity index (χ1n) is 5.54. The number of benzene rings is 1. The van der Waals surface area contributed by atoms with Gasteiger partial charge in [-0.15, -0.1) is 0 Å². The van der Waals surface area contributed by atoms with Crippen LogP contribution < -0.4 is 14.9 Å². The van der Waals surface area contributed by atoms with Gasteiger partial charge >= 0.3 is 6.03 Å². The molecular weight excluding hydrogens is 270 g/mol. The van der Waals surface area contributed by atoms with Gasteiger partial charge in [0.1, 0.15) is 0 Å². The second-order valence-electron chi connectivity index (χ2n) is 4.04. The van der Waals surface area contributed by atoms with E-state index in [4.69, 9.17) is 0 Å². The van der Waals surface area contributed by atoms with Crippen LogP contribution in [0.4, 0.5) is 10.5 Å². The lowest BCUT2D eigenvalue weighted by atomic mass is 10.3. The lowest BCUT2D eigenvalue weighted by molar-refractivity contribution is -0.120. The molecule has 102 valence electrons. The Bertz CT molecular complexity index is 600. The Morgan fingerprint density at radius 1 is 1.21 bits per heavy atom. The van der Waals surface area contributed by atoms with Crippen LogP contribution in [0.25, 0.3) is 0 Å². The van der Waals surface area contributed by atoms with Crippen molar-refractivity contribution in [3.63, 3.8) is 0 Å². The quantitative estimate of drug-likeness (QED) is 0.793. The second kappa shape index (κ2) is 4.88. The van der Waals surface area contributed by atoms with E-state index >= 15 is 0 Å². The highest BCUT2D eigenvalue weighted by atomic mass is 32.2. The fourth-order valence-electron chi connectivity index (χ4n) is 1.73. The molecule has 0 spiro atoms. The normalized spacial score (nSPS) is 19.5. The lowest BCUT2D eigenvalue weighted by Crippen LogP contribution is -2.59. The number of imide groups is 1. The van der Waals surface area contributed by atoms with E-state index in [1.54, 1.807) is 30.3 Å². The number of urea groups is 1. The van der Waals surface area contributed by atoms with Crippen molar-refractivity contribution in [1.29, 1.82) is 0 Å².